The molecule has 3 rings (SSSR count). The number of likely N-dealkylation sites (N-methyl/N-ethyl adjacent to an activating group) is 2. The van der Waals surface area contributed by atoms with E-state index in [0.717, 1.165) is 18.4 Å². The number of nitrogens with one attached hydrogen (secondary N) is 2. The van der Waals surface area contributed by atoms with Crippen LogP contribution in [-0.2, 0) is 41.8 Å². The Hall–Kier alpha value is -3.92. The summed E-state index contributed by atoms with van der Waals surface area (Å²) in [5.74, 6) is -1.59. The summed E-state index contributed by atoms with van der Waals surface area (Å²) in [7, 11) is 8.58. The maximum absolute atomic E-state index is 14.3. The van der Waals surface area contributed by atoms with E-state index in [4.69, 9.17) is 9.47 Å². The predicted octanol–water partition coefficient (Wildman–Crippen LogP) is 3.28. The van der Waals surface area contributed by atoms with Gasteiger partial charge in [-0.15, -0.1) is 5.10 Å². The molecule has 0 aliphatic carbocycles. The number of carbonyl (C=O) groups excluding carboxylic acids is 4. The van der Waals surface area contributed by atoms with Gasteiger partial charge in [0.25, 0.3) is 0 Å². The number of amides is 4. The predicted molar refractivity (Wildman–Crippen MR) is 218 cm³/mol. The lowest BCUT2D eigenvalue weighted by Crippen LogP contribution is -2.59. The molecule has 9 atom stereocenters. The summed E-state index contributed by atoms with van der Waals surface area (Å²) >= 11 is 0. The van der Waals surface area contributed by atoms with Crippen molar-refractivity contribution >= 4 is 23.6 Å². The summed E-state index contributed by atoms with van der Waals surface area (Å²) in [6, 6.07) is 7.15. The fourth-order valence-corrected chi connectivity index (χ4v) is 8.32. The number of hydrogen-bond acceptors (Lipinski definition) is 10. The van der Waals surface area contributed by atoms with Crippen molar-refractivity contribution in [3.63, 3.8) is 0 Å². The average molecular weight is 799 g/mol. The van der Waals surface area contributed by atoms with Gasteiger partial charge in [0.05, 0.1) is 68.1 Å². The smallest absolute Gasteiger partial charge is 0.245 e. The highest BCUT2D eigenvalue weighted by molar-refractivity contribution is 5.90. The van der Waals surface area contributed by atoms with Gasteiger partial charge in [0.2, 0.25) is 23.6 Å². The quantitative estimate of drug-likeness (QED) is 0.161. The minimum atomic E-state index is -0.766. The first-order valence-corrected chi connectivity index (χ1v) is 20.4. The Morgan fingerprint density at radius 2 is 1.61 bits per heavy atom. The number of benzene rings is 1. The van der Waals surface area contributed by atoms with Crippen LogP contribution in [0.5, 0.6) is 0 Å². The van der Waals surface area contributed by atoms with E-state index in [1.807, 2.05) is 103 Å². The number of hydrogen-bond donors (Lipinski definition) is 3. The van der Waals surface area contributed by atoms with Crippen LogP contribution in [0.4, 0.5) is 0 Å². The lowest BCUT2D eigenvalue weighted by Gasteiger charge is -2.41. The minimum absolute atomic E-state index is 0.0230. The topological polar surface area (TPSA) is 171 Å². The highest BCUT2D eigenvalue weighted by atomic mass is 16.5. The number of rotatable bonds is 22. The summed E-state index contributed by atoms with van der Waals surface area (Å²) in [6.45, 7) is 14.3. The van der Waals surface area contributed by atoms with Crippen LogP contribution in [0.3, 0.4) is 0 Å². The maximum atomic E-state index is 14.3. The molecule has 2 heterocycles. The molecule has 57 heavy (non-hydrogen) atoms. The van der Waals surface area contributed by atoms with E-state index in [0.29, 0.717) is 25.2 Å². The highest BCUT2D eigenvalue weighted by Crippen LogP contribution is 2.30. The molecule has 320 valence electrons. The van der Waals surface area contributed by atoms with E-state index in [-0.39, 0.29) is 60.5 Å². The Morgan fingerprint density at radius 1 is 0.947 bits per heavy atom. The van der Waals surface area contributed by atoms with Crippen molar-refractivity contribution in [2.45, 2.75) is 130 Å². The van der Waals surface area contributed by atoms with Crippen LogP contribution in [0, 0.1) is 23.7 Å². The van der Waals surface area contributed by atoms with Crippen LogP contribution in [0.25, 0.3) is 0 Å². The molecule has 0 bridgehead atoms. The second-order valence-corrected chi connectivity index (χ2v) is 16.5. The summed E-state index contributed by atoms with van der Waals surface area (Å²) in [5, 5.41) is 23.8. The summed E-state index contributed by atoms with van der Waals surface area (Å²) in [4.78, 5) is 61.4. The first-order valence-electron chi connectivity index (χ1n) is 20.4. The molecule has 1 aromatic heterocycles. The van der Waals surface area contributed by atoms with Crippen molar-refractivity contribution in [3.8, 4) is 0 Å². The fourth-order valence-electron chi connectivity index (χ4n) is 8.32. The third kappa shape index (κ3) is 12.3. The van der Waals surface area contributed by atoms with E-state index in [1.165, 1.54) is 0 Å². The molecule has 0 saturated carbocycles. The van der Waals surface area contributed by atoms with Crippen LogP contribution in [0.15, 0.2) is 36.5 Å². The molecular formula is C42H70N8O7. The molecule has 1 aliphatic heterocycles. The van der Waals surface area contributed by atoms with E-state index in [2.05, 4.69) is 20.9 Å². The monoisotopic (exact) mass is 799 g/mol. The summed E-state index contributed by atoms with van der Waals surface area (Å²) in [6.07, 6.45) is 2.59. The fraction of sp³-hybridized carbons (Fsp3) is 0.714. The van der Waals surface area contributed by atoms with Crippen LogP contribution in [0.2, 0.25) is 0 Å². The summed E-state index contributed by atoms with van der Waals surface area (Å²) < 4.78 is 13.7. The molecule has 1 saturated heterocycles. The maximum Gasteiger partial charge on any atom is 0.245 e. The minimum Gasteiger partial charge on any atom is -0.390 e. The molecule has 15 nitrogen and oxygen atoms in total. The van der Waals surface area contributed by atoms with E-state index in [9.17, 15) is 24.3 Å². The first-order chi connectivity index (χ1) is 27.0. The van der Waals surface area contributed by atoms with Crippen molar-refractivity contribution in [1.82, 2.24) is 40.3 Å². The Bertz CT molecular complexity index is 1560. The van der Waals surface area contributed by atoms with Crippen LogP contribution >= 0.6 is 0 Å². The average Bonchev–Trinajstić information content (AvgIpc) is 3.86. The molecule has 3 N–H and O–H groups in total. The number of nitrogens with zero attached hydrogens (tertiary/aromatic N) is 6. The lowest BCUT2D eigenvalue weighted by molar-refractivity contribution is -0.148. The number of ether oxygens (including phenoxy) is 2. The van der Waals surface area contributed by atoms with Crippen molar-refractivity contribution in [1.29, 1.82) is 0 Å². The van der Waals surface area contributed by atoms with Crippen LogP contribution in [0.1, 0.15) is 91.4 Å². The van der Waals surface area contributed by atoms with Crippen LogP contribution in [-0.4, -0.2) is 137 Å². The molecule has 0 radical (unpaired) electrons. The van der Waals surface area contributed by atoms with Gasteiger partial charge in [-0.25, -0.2) is 4.68 Å². The van der Waals surface area contributed by atoms with Crippen LogP contribution < -0.4 is 10.6 Å². The second-order valence-electron chi connectivity index (χ2n) is 16.5. The van der Waals surface area contributed by atoms with Crippen molar-refractivity contribution < 1.29 is 33.8 Å². The van der Waals surface area contributed by atoms with Crippen molar-refractivity contribution in [2.24, 2.45) is 23.7 Å². The third-order valence-corrected chi connectivity index (χ3v) is 11.6. The summed E-state index contributed by atoms with van der Waals surface area (Å²) in [5.41, 5.74) is 1.31. The van der Waals surface area contributed by atoms with Gasteiger partial charge in [-0.05, 0) is 50.3 Å². The van der Waals surface area contributed by atoms with Gasteiger partial charge >= 0.3 is 0 Å². The highest BCUT2D eigenvalue weighted by Gasteiger charge is 2.43. The van der Waals surface area contributed by atoms with E-state index >= 15 is 0 Å². The molecule has 1 aliphatic rings. The third-order valence-electron chi connectivity index (χ3n) is 11.6. The van der Waals surface area contributed by atoms with Gasteiger partial charge in [-0.2, -0.15) is 0 Å². The number of aliphatic hydroxyl groups excluding tert-OH is 1. The molecule has 4 amide bonds. The molecule has 1 aromatic carbocycles. The largest absolute Gasteiger partial charge is 0.390 e. The zero-order chi connectivity index (χ0) is 42.6. The number of aliphatic hydroxyl groups is 1. The van der Waals surface area contributed by atoms with Crippen molar-refractivity contribution in [3.05, 3.63) is 47.8 Å². The zero-order valence-corrected chi connectivity index (χ0v) is 36.3. The Kier molecular flexibility index (Phi) is 18.6. The van der Waals surface area contributed by atoms with Gasteiger partial charge in [-0.3, -0.25) is 24.1 Å². The number of carbonyl (C=O) groups is 4. The first kappa shape index (κ1) is 47.5. The number of aromatic nitrogens is 3. The second kappa shape index (κ2) is 22.3. The van der Waals surface area contributed by atoms with Gasteiger partial charge in [-0.1, -0.05) is 90.4 Å². The Morgan fingerprint density at radius 3 is 2.14 bits per heavy atom. The SMILES string of the molecule is CC[C@H](C)[C@@H](C(CC(=O)N1CCC[C@H]1[C@@H](OC)C(C)C(=O)N[C@H](Cn1cc(CO)nn1)c1ccccc1)OC)N(C)C(=O)[C@@H](NC(=O)[C@H](C(C)C)N(C)C)C(C)C. The van der Waals surface area contributed by atoms with E-state index in [1.54, 1.807) is 37.0 Å². The van der Waals surface area contributed by atoms with Gasteiger partial charge in [0, 0.05) is 27.8 Å². The zero-order valence-electron chi connectivity index (χ0n) is 36.3. The Labute approximate surface area is 340 Å². The molecular weight excluding hydrogens is 729 g/mol. The van der Waals surface area contributed by atoms with Gasteiger partial charge < -0.3 is 35.0 Å². The van der Waals surface area contributed by atoms with Crippen molar-refractivity contribution in [2.75, 3.05) is 41.9 Å². The normalized spacial score (nSPS) is 18.8. The standard InChI is InChI=1S/C42H70N8O7/c1-13-28(6)38(48(10)42(55)36(26(2)3)44-41(54)37(27(4)5)47(8)9)34(56-11)22-35(52)50-21-17-20-33(50)39(57-12)29(7)40(53)43-32(30-18-15-14-16-19-30)24-49-23-31(25-51)45-46-49/h14-16,18-19,23,26-29,32-34,36-39,51H,13,17,20-22,24-25H2,1-12H3,(H,43,53)(H,44,54)/t28-,29?,32+,33-,34?,36-,37-,38-,39-/m0/s1. The molecule has 2 aromatic rings. The number of likely N-dealkylation sites (tertiary alicyclic amines) is 1. The molecule has 15 heteroatoms. The lowest BCUT2D eigenvalue weighted by atomic mass is 9.89. The van der Waals surface area contributed by atoms with E-state index < -0.39 is 42.3 Å². The van der Waals surface area contributed by atoms with Gasteiger partial charge in [0.15, 0.2) is 0 Å². The molecule has 0 spiro atoms. The Balaban J connectivity index is 1.80. The number of methoxy groups -OCH3 is 2. The molecule has 2 unspecified atom stereocenters. The van der Waals surface area contributed by atoms with Gasteiger partial charge in [0.1, 0.15) is 11.7 Å². The molecule has 1 fully saturated rings.